The van der Waals surface area contributed by atoms with Crippen molar-refractivity contribution in [2.75, 3.05) is 17.8 Å². The van der Waals surface area contributed by atoms with Gasteiger partial charge in [-0.1, -0.05) is 18.2 Å². The summed E-state index contributed by atoms with van der Waals surface area (Å²) in [6.07, 6.45) is 3.72. The van der Waals surface area contributed by atoms with Crippen molar-refractivity contribution in [1.29, 1.82) is 0 Å². The Morgan fingerprint density at radius 3 is 2.21 bits per heavy atom. The highest BCUT2D eigenvalue weighted by atomic mass is 32.2. The molecule has 9 N–H and O–H groups in total. The second kappa shape index (κ2) is 15.2. The molecule has 4 atom stereocenters. The fraction of sp³-hybridized carbons (Fsp3) is 0.458. The van der Waals surface area contributed by atoms with Crippen LogP contribution in [-0.4, -0.2) is 81.6 Å². The largest absolute Gasteiger partial charge is 0.480 e. The van der Waals surface area contributed by atoms with Crippen LogP contribution in [0.5, 0.6) is 0 Å². The standard InChI is InChI=1S/C24H34N6O6S2/c1-38-9-8-18(28-21(32)15(25)10-13-11-27-16-5-3-2-4-14(13)16)23(34)29-17(6-7-20(26)31)22(33)30-19(12-37)24(35)36/h2-5,11,15,17-19,27,37H,6-10,12,25H2,1H3,(H2,26,31)(H,28,32)(H,29,34)(H,30,33)(H,35,36). The first-order valence-electron chi connectivity index (χ1n) is 11.9. The van der Waals surface area contributed by atoms with Gasteiger partial charge in [0.25, 0.3) is 0 Å². The number of primary amides is 1. The van der Waals surface area contributed by atoms with Crippen molar-refractivity contribution in [2.24, 2.45) is 11.5 Å². The Labute approximate surface area is 229 Å². The van der Waals surface area contributed by atoms with Crippen LogP contribution in [0.15, 0.2) is 30.5 Å². The molecular weight excluding hydrogens is 532 g/mol. The summed E-state index contributed by atoms with van der Waals surface area (Å²) in [6, 6.07) is 3.08. The number of carboxylic acid groups (broad SMARTS) is 1. The lowest BCUT2D eigenvalue weighted by Gasteiger charge is -2.25. The van der Waals surface area contributed by atoms with Gasteiger partial charge in [-0.15, -0.1) is 0 Å². The lowest BCUT2D eigenvalue weighted by atomic mass is 10.0. The molecule has 0 aliphatic heterocycles. The number of aromatic amines is 1. The Morgan fingerprint density at radius 1 is 1.00 bits per heavy atom. The molecule has 2 rings (SSSR count). The molecule has 0 aliphatic rings. The number of hydrogen-bond donors (Lipinski definition) is 8. The van der Waals surface area contributed by atoms with Crippen molar-refractivity contribution >= 4 is 64.9 Å². The molecule has 208 valence electrons. The Hall–Kier alpha value is -3.23. The average Bonchev–Trinajstić information content (AvgIpc) is 3.29. The highest BCUT2D eigenvalue weighted by molar-refractivity contribution is 7.98. The zero-order chi connectivity index (χ0) is 28.2. The monoisotopic (exact) mass is 566 g/mol. The van der Waals surface area contributed by atoms with Crippen molar-refractivity contribution < 1.29 is 29.1 Å². The van der Waals surface area contributed by atoms with E-state index in [4.69, 9.17) is 11.5 Å². The fourth-order valence-corrected chi connectivity index (χ4v) is 4.42. The molecule has 0 bridgehead atoms. The maximum absolute atomic E-state index is 13.1. The molecule has 0 fully saturated rings. The molecule has 4 unspecified atom stereocenters. The molecule has 2 aromatic rings. The zero-order valence-corrected chi connectivity index (χ0v) is 22.6. The third-order valence-electron chi connectivity index (χ3n) is 5.80. The summed E-state index contributed by atoms with van der Waals surface area (Å²) in [4.78, 5) is 64.5. The third kappa shape index (κ3) is 9.26. The van der Waals surface area contributed by atoms with E-state index in [1.807, 2.05) is 30.5 Å². The number of H-pyrrole nitrogens is 1. The van der Waals surface area contributed by atoms with Crippen LogP contribution in [0.25, 0.3) is 10.9 Å². The first kappa shape index (κ1) is 31.0. The Balaban J connectivity index is 2.12. The van der Waals surface area contributed by atoms with Crippen LogP contribution in [0.4, 0.5) is 0 Å². The number of carboxylic acids is 1. The van der Waals surface area contributed by atoms with Gasteiger partial charge < -0.3 is 37.5 Å². The number of rotatable bonds is 16. The summed E-state index contributed by atoms with van der Waals surface area (Å²) in [6.45, 7) is 0. The van der Waals surface area contributed by atoms with Crippen LogP contribution < -0.4 is 27.4 Å². The molecule has 1 aromatic carbocycles. The van der Waals surface area contributed by atoms with Crippen LogP contribution in [0.1, 0.15) is 24.8 Å². The van der Waals surface area contributed by atoms with Gasteiger partial charge in [-0.05, 0) is 42.9 Å². The topological polar surface area (TPSA) is 209 Å². The first-order valence-corrected chi connectivity index (χ1v) is 13.9. The van der Waals surface area contributed by atoms with E-state index in [9.17, 15) is 29.1 Å². The number of fused-ring (bicyclic) bond motifs is 1. The fourth-order valence-electron chi connectivity index (χ4n) is 3.70. The number of benzene rings is 1. The van der Waals surface area contributed by atoms with Gasteiger partial charge in [-0.25, -0.2) is 4.79 Å². The van der Waals surface area contributed by atoms with Gasteiger partial charge >= 0.3 is 5.97 Å². The van der Waals surface area contributed by atoms with Gasteiger partial charge in [0.2, 0.25) is 23.6 Å². The van der Waals surface area contributed by atoms with Gasteiger partial charge in [0, 0.05) is 29.3 Å². The Bertz CT molecular complexity index is 1140. The predicted molar refractivity (Wildman–Crippen MR) is 149 cm³/mol. The van der Waals surface area contributed by atoms with Crippen LogP contribution >= 0.6 is 24.4 Å². The molecule has 0 saturated carbocycles. The predicted octanol–water partition coefficient (Wildman–Crippen LogP) is -0.475. The average molecular weight is 567 g/mol. The van der Waals surface area contributed by atoms with Crippen LogP contribution in [0.2, 0.25) is 0 Å². The number of nitrogens with one attached hydrogen (secondary N) is 4. The Kier molecular flexibility index (Phi) is 12.4. The molecule has 0 spiro atoms. The van der Waals surface area contributed by atoms with Crippen LogP contribution in [0, 0.1) is 0 Å². The highest BCUT2D eigenvalue weighted by Crippen LogP contribution is 2.19. The number of hydrogen-bond acceptors (Lipinski definition) is 8. The molecule has 1 heterocycles. The molecule has 0 radical (unpaired) electrons. The zero-order valence-electron chi connectivity index (χ0n) is 20.9. The number of carbonyl (C=O) groups excluding carboxylic acids is 4. The minimum atomic E-state index is -1.30. The summed E-state index contributed by atoms with van der Waals surface area (Å²) in [5, 5.41) is 17.6. The van der Waals surface area contributed by atoms with Crippen molar-refractivity contribution in [2.45, 2.75) is 49.9 Å². The number of aliphatic carboxylic acids is 1. The van der Waals surface area contributed by atoms with E-state index in [-0.39, 0.29) is 31.4 Å². The molecule has 12 nitrogen and oxygen atoms in total. The molecule has 4 amide bonds. The second-order valence-corrected chi connectivity index (χ2v) is 10.0. The van der Waals surface area contributed by atoms with Crippen molar-refractivity contribution in [3.05, 3.63) is 36.0 Å². The van der Waals surface area contributed by atoms with E-state index >= 15 is 0 Å². The van der Waals surface area contributed by atoms with Crippen LogP contribution in [-0.2, 0) is 30.4 Å². The van der Waals surface area contributed by atoms with Crippen molar-refractivity contribution in [3.8, 4) is 0 Å². The van der Waals surface area contributed by atoms with E-state index in [0.717, 1.165) is 16.5 Å². The van der Waals surface area contributed by atoms with Crippen molar-refractivity contribution in [1.82, 2.24) is 20.9 Å². The number of para-hydroxylation sites is 1. The summed E-state index contributed by atoms with van der Waals surface area (Å²) in [5.41, 5.74) is 13.1. The second-order valence-electron chi connectivity index (χ2n) is 8.66. The third-order valence-corrected chi connectivity index (χ3v) is 6.81. The summed E-state index contributed by atoms with van der Waals surface area (Å²) >= 11 is 5.37. The molecular formula is C24H34N6O6S2. The molecule has 1 aromatic heterocycles. The summed E-state index contributed by atoms with van der Waals surface area (Å²) < 4.78 is 0. The van der Waals surface area contributed by atoms with E-state index in [0.29, 0.717) is 5.75 Å². The number of carbonyl (C=O) groups is 5. The minimum absolute atomic E-state index is 0.158. The number of thioether (sulfide) groups is 1. The van der Waals surface area contributed by atoms with Gasteiger partial charge in [0.05, 0.1) is 6.04 Å². The maximum atomic E-state index is 13.1. The molecule has 0 saturated heterocycles. The van der Waals surface area contributed by atoms with E-state index < -0.39 is 53.8 Å². The smallest absolute Gasteiger partial charge is 0.327 e. The quantitative estimate of drug-likeness (QED) is 0.124. The van der Waals surface area contributed by atoms with Crippen molar-refractivity contribution in [3.63, 3.8) is 0 Å². The first-order chi connectivity index (χ1) is 18.1. The van der Waals surface area contributed by atoms with Gasteiger partial charge in [0.1, 0.15) is 18.1 Å². The van der Waals surface area contributed by atoms with Crippen LogP contribution in [0.3, 0.4) is 0 Å². The lowest BCUT2D eigenvalue weighted by molar-refractivity contribution is -0.141. The van der Waals surface area contributed by atoms with Gasteiger partial charge in [0.15, 0.2) is 0 Å². The van der Waals surface area contributed by atoms with Gasteiger partial charge in [-0.3, -0.25) is 19.2 Å². The number of amides is 4. The normalized spacial score (nSPS) is 14.2. The minimum Gasteiger partial charge on any atom is -0.480 e. The number of nitrogens with two attached hydrogens (primary N) is 2. The van der Waals surface area contributed by atoms with E-state index in [1.165, 1.54) is 11.8 Å². The number of thiol groups is 1. The Morgan fingerprint density at radius 2 is 1.61 bits per heavy atom. The summed E-state index contributed by atoms with van der Waals surface area (Å²) in [7, 11) is 0. The molecule has 38 heavy (non-hydrogen) atoms. The lowest BCUT2D eigenvalue weighted by Crippen LogP contribution is -2.57. The SMILES string of the molecule is CSCCC(NC(=O)C(N)Cc1c[nH]c2ccccc12)C(=O)NC(CCC(N)=O)C(=O)NC(CS)C(=O)O. The van der Waals surface area contributed by atoms with E-state index in [2.05, 4.69) is 33.6 Å². The van der Waals surface area contributed by atoms with Gasteiger partial charge in [-0.2, -0.15) is 24.4 Å². The maximum Gasteiger partial charge on any atom is 0.327 e. The molecule has 0 aliphatic carbocycles. The highest BCUT2D eigenvalue weighted by Gasteiger charge is 2.30. The van der Waals surface area contributed by atoms with E-state index in [1.54, 1.807) is 6.20 Å². The molecule has 14 heteroatoms. The number of aromatic nitrogens is 1. The summed E-state index contributed by atoms with van der Waals surface area (Å²) in [5.74, 6) is -3.69.